The van der Waals surface area contributed by atoms with Gasteiger partial charge < -0.3 is 15.1 Å². The van der Waals surface area contributed by atoms with Gasteiger partial charge >= 0.3 is 5.97 Å². The predicted octanol–water partition coefficient (Wildman–Crippen LogP) is 5.17. The third-order valence-corrected chi connectivity index (χ3v) is 4.46. The Balaban J connectivity index is 0.000000575. The van der Waals surface area contributed by atoms with Crippen LogP contribution in [0.15, 0.2) is 70.6 Å². The highest BCUT2D eigenvalue weighted by Crippen LogP contribution is 2.37. The molecule has 1 saturated heterocycles. The largest absolute Gasteiger partial charge is 0.507 e. The van der Waals surface area contributed by atoms with Crippen LogP contribution in [0.3, 0.4) is 0 Å². The Morgan fingerprint density at radius 3 is 2.30 bits per heavy atom. The van der Waals surface area contributed by atoms with Gasteiger partial charge in [0, 0.05) is 36.7 Å². The summed E-state index contributed by atoms with van der Waals surface area (Å²) in [6.45, 7) is 15.3. The summed E-state index contributed by atoms with van der Waals surface area (Å²) in [7, 11) is 1.96. The lowest BCUT2D eigenvalue weighted by Crippen LogP contribution is -2.16. The summed E-state index contributed by atoms with van der Waals surface area (Å²) < 4.78 is 0. The number of likely N-dealkylation sites (N-methyl/N-ethyl adjacent to an activating group) is 1. The molecule has 1 aromatic rings. The fourth-order valence-corrected chi connectivity index (χ4v) is 3.19. The molecular weight excluding hydrogens is 376 g/mol. The van der Waals surface area contributed by atoms with E-state index >= 15 is 0 Å². The molecule has 2 aliphatic rings. The topological polar surface area (TPSA) is 73.1 Å². The van der Waals surface area contributed by atoms with Crippen LogP contribution in [0.1, 0.15) is 38.8 Å². The van der Waals surface area contributed by atoms with Crippen molar-refractivity contribution in [1.29, 1.82) is 0 Å². The van der Waals surface area contributed by atoms with Gasteiger partial charge in [0.25, 0.3) is 0 Å². The number of aliphatic carboxylic acids is 1. The number of benzene rings is 1. The van der Waals surface area contributed by atoms with E-state index in [1.165, 1.54) is 17.9 Å². The minimum Gasteiger partial charge on any atom is -0.507 e. The maximum atomic E-state index is 11.2. The van der Waals surface area contributed by atoms with E-state index in [2.05, 4.69) is 44.2 Å². The van der Waals surface area contributed by atoms with Crippen LogP contribution in [0.4, 0.5) is 0 Å². The number of likely N-dealkylation sites (tertiary alicyclic amines) is 1. The van der Waals surface area contributed by atoms with Gasteiger partial charge in [-0.2, -0.15) is 0 Å². The van der Waals surface area contributed by atoms with Crippen molar-refractivity contribution >= 4 is 17.8 Å². The highest BCUT2D eigenvalue weighted by atomic mass is 16.4. The van der Waals surface area contributed by atoms with E-state index in [1.807, 2.05) is 38.2 Å². The Labute approximate surface area is 179 Å². The summed E-state index contributed by atoms with van der Waals surface area (Å²) in [5.74, 6) is -1.48. The Morgan fingerprint density at radius 2 is 1.80 bits per heavy atom. The van der Waals surface area contributed by atoms with Crippen molar-refractivity contribution in [2.45, 2.75) is 40.7 Å². The normalized spacial score (nSPS) is 20.0. The van der Waals surface area contributed by atoms with E-state index in [1.54, 1.807) is 6.08 Å². The van der Waals surface area contributed by atoms with Crippen LogP contribution in [0.2, 0.25) is 0 Å². The van der Waals surface area contributed by atoms with Crippen molar-refractivity contribution < 1.29 is 15.0 Å². The highest BCUT2D eigenvalue weighted by Gasteiger charge is 2.33. The summed E-state index contributed by atoms with van der Waals surface area (Å²) in [6.07, 6.45) is 4.53. The van der Waals surface area contributed by atoms with Gasteiger partial charge in [-0.3, -0.25) is 4.99 Å². The number of aliphatic hydroxyl groups is 1. The number of carbonyl (C=O) groups is 1. The molecule has 2 heterocycles. The molecule has 0 bridgehead atoms. The van der Waals surface area contributed by atoms with Crippen LogP contribution in [0, 0.1) is 12.3 Å². The standard InChI is InChI=1S/C20H20N2O3.C5H12/c1-4-14(13-7-5-12(2)6-8-13)19-15-9-18(23)16(20(24)25)10-21-17(15)11-22(19)3;1-5(2,3)4/h4-10,17,23H,1,11H2,2-3H3,(H,24,25);1-4H3/b19-14+;. The molecule has 0 aliphatic carbocycles. The molecule has 160 valence electrons. The van der Waals surface area contributed by atoms with Crippen molar-refractivity contribution in [3.63, 3.8) is 0 Å². The van der Waals surface area contributed by atoms with Crippen molar-refractivity contribution in [3.05, 3.63) is 76.7 Å². The molecule has 5 heteroatoms. The van der Waals surface area contributed by atoms with Crippen LogP contribution in [0.25, 0.3) is 5.57 Å². The van der Waals surface area contributed by atoms with Crippen LogP contribution >= 0.6 is 0 Å². The Hall–Kier alpha value is -3.08. The van der Waals surface area contributed by atoms with E-state index in [0.717, 1.165) is 22.4 Å². The fraction of sp³-hybridized carbons (Fsp3) is 0.360. The van der Waals surface area contributed by atoms with Crippen molar-refractivity contribution in [2.24, 2.45) is 10.4 Å². The van der Waals surface area contributed by atoms with E-state index in [0.29, 0.717) is 12.0 Å². The minimum absolute atomic E-state index is 0.195. The summed E-state index contributed by atoms with van der Waals surface area (Å²) in [5.41, 5.74) is 5.11. The zero-order valence-electron chi connectivity index (χ0n) is 18.7. The van der Waals surface area contributed by atoms with E-state index in [9.17, 15) is 15.0 Å². The Bertz CT molecular complexity index is 936. The summed E-state index contributed by atoms with van der Waals surface area (Å²) in [6, 6.07) is 7.90. The second kappa shape index (κ2) is 9.16. The molecule has 0 radical (unpaired) electrons. The van der Waals surface area contributed by atoms with Gasteiger partial charge in [-0.05, 0) is 24.0 Å². The van der Waals surface area contributed by atoms with Gasteiger partial charge in [0.15, 0.2) is 0 Å². The predicted molar refractivity (Wildman–Crippen MR) is 124 cm³/mol. The lowest BCUT2D eigenvalue weighted by Gasteiger charge is -2.17. The van der Waals surface area contributed by atoms with Gasteiger partial charge in [0.2, 0.25) is 0 Å². The first kappa shape index (κ1) is 23.2. The number of hydrogen-bond acceptors (Lipinski definition) is 4. The number of carboxylic acids is 1. The zero-order chi connectivity index (χ0) is 22.6. The second-order valence-electron chi connectivity index (χ2n) is 9.21. The summed E-state index contributed by atoms with van der Waals surface area (Å²) >= 11 is 0. The van der Waals surface area contributed by atoms with Gasteiger partial charge in [0.1, 0.15) is 11.3 Å². The number of aryl methyl sites for hydroxylation is 1. The average molecular weight is 409 g/mol. The molecular formula is C25H32N2O3. The molecule has 1 unspecified atom stereocenters. The van der Waals surface area contributed by atoms with Crippen LogP contribution in [0.5, 0.6) is 0 Å². The Kier molecular flexibility index (Phi) is 7.08. The maximum Gasteiger partial charge on any atom is 0.341 e. The third-order valence-electron chi connectivity index (χ3n) is 4.46. The molecule has 30 heavy (non-hydrogen) atoms. The number of aliphatic hydroxyl groups excluding tert-OH is 1. The fourth-order valence-electron chi connectivity index (χ4n) is 3.19. The van der Waals surface area contributed by atoms with Gasteiger partial charge in [-0.1, -0.05) is 70.2 Å². The van der Waals surface area contributed by atoms with Gasteiger partial charge in [-0.25, -0.2) is 4.79 Å². The lowest BCUT2D eigenvalue weighted by atomic mass is 9.97. The van der Waals surface area contributed by atoms with Crippen molar-refractivity contribution in [3.8, 4) is 0 Å². The smallest absolute Gasteiger partial charge is 0.341 e. The van der Waals surface area contributed by atoms with Crippen LogP contribution in [-0.2, 0) is 4.79 Å². The molecule has 1 atom stereocenters. The Morgan fingerprint density at radius 1 is 1.23 bits per heavy atom. The number of carboxylic acid groups (broad SMARTS) is 1. The van der Waals surface area contributed by atoms with E-state index in [4.69, 9.17) is 0 Å². The number of aliphatic imine (C=N–C) groups is 1. The quantitative estimate of drug-likeness (QED) is 0.724. The molecule has 0 spiro atoms. The third kappa shape index (κ3) is 5.72. The highest BCUT2D eigenvalue weighted by molar-refractivity contribution is 6.09. The number of rotatable bonds is 3. The average Bonchev–Trinajstić information content (AvgIpc) is 2.81. The molecule has 1 aromatic carbocycles. The number of hydrogen-bond donors (Lipinski definition) is 2. The number of allylic oxidation sites excluding steroid dienone is 3. The molecule has 0 aromatic heterocycles. The molecule has 3 rings (SSSR count). The molecule has 0 saturated carbocycles. The first-order chi connectivity index (χ1) is 13.9. The molecule has 5 nitrogen and oxygen atoms in total. The van der Waals surface area contributed by atoms with Crippen LogP contribution < -0.4 is 0 Å². The molecule has 0 amide bonds. The van der Waals surface area contributed by atoms with E-state index < -0.39 is 5.97 Å². The molecule has 2 N–H and O–H groups in total. The first-order valence-electron chi connectivity index (χ1n) is 9.99. The molecule has 2 aliphatic heterocycles. The molecule has 1 fully saturated rings. The number of fused-ring (bicyclic) bond motifs is 1. The lowest BCUT2D eigenvalue weighted by molar-refractivity contribution is -0.132. The summed E-state index contributed by atoms with van der Waals surface area (Å²) in [5, 5.41) is 19.4. The van der Waals surface area contributed by atoms with Gasteiger partial charge in [-0.15, -0.1) is 0 Å². The SMILES string of the molecule is C=C/C(=C1/C2=CC(O)=C(C(=O)O)C=NC2CN1C)c1ccc(C)cc1.CC(C)(C)C. The monoisotopic (exact) mass is 408 g/mol. The first-order valence-corrected chi connectivity index (χ1v) is 9.99. The second-order valence-corrected chi connectivity index (χ2v) is 9.21. The minimum atomic E-state index is -1.19. The van der Waals surface area contributed by atoms with E-state index in [-0.39, 0.29) is 17.4 Å². The maximum absolute atomic E-state index is 11.2. The summed E-state index contributed by atoms with van der Waals surface area (Å²) in [4.78, 5) is 17.7. The van der Waals surface area contributed by atoms with Crippen molar-refractivity contribution in [2.75, 3.05) is 13.6 Å². The number of nitrogens with zero attached hydrogens (tertiary/aromatic N) is 2. The van der Waals surface area contributed by atoms with Gasteiger partial charge in [0.05, 0.1) is 6.04 Å². The van der Waals surface area contributed by atoms with Crippen LogP contribution in [-0.4, -0.2) is 46.9 Å². The van der Waals surface area contributed by atoms with Crippen molar-refractivity contribution in [1.82, 2.24) is 4.90 Å². The zero-order valence-corrected chi connectivity index (χ0v) is 18.7.